The van der Waals surface area contributed by atoms with Crippen LogP contribution in [0.2, 0.25) is 0 Å². The second-order valence-electron chi connectivity index (χ2n) is 6.08. The van der Waals surface area contributed by atoms with Crippen LogP contribution < -0.4 is 0 Å². The van der Waals surface area contributed by atoms with E-state index in [1.54, 1.807) is 12.1 Å². The van der Waals surface area contributed by atoms with Crippen molar-refractivity contribution in [2.75, 3.05) is 13.1 Å². The molecule has 0 aliphatic carbocycles. The molecule has 0 amide bonds. The Morgan fingerprint density at radius 1 is 1.26 bits per heavy atom. The molecule has 19 heavy (non-hydrogen) atoms. The Hall–Kier alpha value is -0.580. The molecule has 1 saturated heterocycles. The van der Waals surface area contributed by atoms with Gasteiger partial charge in [-0.2, -0.15) is 4.31 Å². The number of benzene rings is 1. The van der Waals surface area contributed by atoms with Crippen LogP contribution >= 0.6 is 11.6 Å². The second kappa shape index (κ2) is 5.08. The molecule has 1 aliphatic rings. The first-order chi connectivity index (χ1) is 8.71. The molecule has 0 saturated carbocycles. The quantitative estimate of drug-likeness (QED) is 0.788. The van der Waals surface area contributed by atoms with Gasteiger partial charge in [-0.15, -0.1) is 11.6 Å². The van der Waals surface area contributed by atoms with E-state index in [4.69, 9.17) is 11.6 Å². The molecular weight excluding hydrogens is 282 g/mol. The number of hydrogen-bond acceptors (Lipinski definition) is 2. The molecule has 0 radical (unpaired) electrons. The molecule has 1 aromatic carbocycles. The molecule has 106 valence electrons. The second-order valence-corrected chi connectivity index (χ2v) is 8.63. The summed E-state index contributed by atoms with van der Waals surface area (Å²) >= 11 is 6.21. The smallest absolute Gasteiger partial charge is 0.207 e. The van der Waals surface area contributed by atoms with Gasteiger partial charge in [-0.25, -0.2) is 8.42 Å². The summed E-state index contributed by atoms with van der Waals surface area (Å²) in [6, 6.07) is 6.96. The van der Waals surface area contributed by atoms with Crippen LogP contribution in [0.5, 0.6) is 0 Å². The number of nitrogens with zero attached hydrogens (tertiary/aromatic N) is 1. The Morgan fingerprint density at radius 3 is 2.37 bits per heavy atom. The van der Waals surface area contributed by atoms with Crippen LogP contribution in [0.15, 0.2) is 29.2 Å². The molecule has 1 heterocycles. The van der Waals surface area contributed by atoms with E-state index >= 15 is 0 Å². The molecule has 5 heteroatoms. The lowest BCUT2D eigenvalue weighted by Gasteiger charge is -2.39. The number of rotatable bonds is 2. The largest absolute Gasteiger partial charge is 0.243 e. The van der Waals surface area contributed by atoms with Crippen molar-refractivity contribution in [2.45, 2.75) is 37.5 Å². The third-order valence-corrected chi connectivity index (χ3v) is 5.56. The van der Waals surface area contributed by atoms with Crippen molar-refractivity contribution in [3.05, 3.63) is 29.8 Å². The summed E-state index contributed by atoms with van der Waals surface area (Å²) in [7, 11) is -3.43. The van der Waals surface area contributed by atoms with E-state index < -0.39 is 10.0 Å². The molecule has 0 N–H and O–H groups in total. The molecular formula is C14H20ClNO2S. The van der Waals surface area contributed by atoms with Crippen molar-refractivity contribution < 1.29 is 8.42 Å². The van der Waals surface area contributed by atoms with E-state index in [-0.39, 0.29) is 10.8 Å². The number of piperidine rings is 1. The topological polar surface area (TPSA) is 37.4 Å². The monoisotopic (exact) mass is 301 g/mol. The average Bonchev–Trinajstić information content (AvgIpc) is 2.26. The van der Waals surface area contributed by atoms with Gasteiger partial charge in [0.25, 0.3) is 0 Å². The molecule has 3 nitrogen and oxygen atoms in total. The van der Waals surface area contributed by atoms with E-state index in [9.17, 15) is 8.42 Å². The van der Waals surface area contributed by atoms with E-state index in [1.165, 1.54) is 4.31 Å². The highest BCUT2D eigenvalue weighted by Gasteiger charge is 2.37. The first-order valence-electron chi connectivity index (χ1n) is 6.42. The Bertz CT molecular complexity index is 551. The van der Waals surface area contributed by atoms with Crippen LogP contribution in [0.3, 0.4) is 0 Å². The Kier molecular flexibility index (Phi) is 3.96. The summed E-state index contributed by atoms with van der Waals surface area (Å²) < 4.78 is 26.7. The van der Waals surface area contributed by atoms with Gasteiger partial charge in [0, 0.05) is 18.5 Å². The molecule has 0 bridgehead atoms. The molecule has 1 fully saturated rings. The SMILES string of the molecule is Cc1ccc(S(=O)(=O)N2CC(Cl)CC(C)(C)C2)cc1. The van der Waals surface area contributed by atoms with Crippen LogP contribution in [0, 0.1) is 12.3 Å². The fraction of sp³-hybridized carbons (Fsp3) is 0.571. The fourth-order valence-corrected chi connectivity index (χ4v) is 4.87. The number of aryl methyl sites for hydroxylation is 1. The van der Waals surface area contributed by atoms with E-state index in [0.717, 1.165) is 12.0 Å². The lowest BCUT2D eigenvalue weighted by atomic mass is 9.85. The van der Waals surface area contributed by atoms with Gasteiger partial charge >= 0.3 is 0 Å². The number of alkyl halides is 1. The van der Waals surface area contributed by atoms with Crippen molar-refractivity contribution in [3.8, 4) is 0 Å². The molecule has 1 unspecified atom stereocenters. The van der Waals surface area contributed by atoms with Gasteiger partial charge in [-0.05, 0) is 30.9 Å². The molecule has 1 aromatic rings. The van der Waals surface area contributed by atoms with Gasteiger partial charge in [0.2, 0.25) is 10.0 Å². The van der Waals surface area contributed by atoms with Crippen molar-refractivity contribution >= 4 is 21.6 Å². The predicted octanol–water partition coefficient (Wildman–Crippen LogP) is 3.02. The predicted molar refractivity (Wildman–Crippen MR) is 78.0 cm³/mol. The highest BCUT2D eigenvalue weighted by atomic mass is 35.5. The molecule has 1 atom stereocenters. The number of halogens is 1. The average molecular weight is 302 g/mol. The standard InChI is InChI=1S/C14H20ClNO2S/c1-11-4-6-13(7-5-11)19(17,18)16-9-12(15)8-14(2,3)10-16/h4-7,12H,8-10H2,1-3H3. The van der Waals surface area contributed by atoms with Crippen molar-refractivity contribution in [1.82, 2.24) is 4.31 Å². The molecule has 2 rings (SSSR count). The van der Waals surface area contributed by atoms with Crippen LogP contribution in [0.4, 0.5) is 0 Å². The van der Waals surface area contributed by atoms with Crippen LogP contribution in [-0.4, -0.2) is 31.2 Å². The lowest BCUT2D eigenvalue weighted by molar-refractivity contribution is 0.190. The van der Waals surface area contributed by atoms with Crippen LogP contribution in [0.1, 0.15) is 25.8 Å². The van der Waals surface area contributed by atoms with Gasteiger partial charge < -0.3 is 0 Å². The lowest BCUT2D eigenvalue weighted by Crippen LogP contribution is -2.48. The van der Waals surface area contributed by atoms with Crippen LogP contribution in [0.25, 0.3) is 0 Å². The van der Waals surface area contributed by atoms with E-state index in [1.807, 2.05) is 19.1 Å². The zero-order chi connectivity index (χ0) is 14.3. The van der Waals surface area contributed by atoms with Crippen molar-refractivity contribution in [2.24, 2.45) is 5.41 Å². The highest BCUT2D eigenvalue weighted by Crippen LogP contribution is 2.34. The first kappa shape index (κ1) is 14.8. The molecule has 0 spiro atoms. The third-order valence-electron chi connectivity index (χ3n) is 3.44. The molecule has 1 aliphatic heterocycles. The van der Waals surface area contributed by atoms with Gasteiger partial charge in [0.15, 0.2) is 0 Å². The van der Waals surface area contributed by atoms with Crippen molar-refractivity contribution in [3.63, 3.8) is 0 Å². The minimum absolute atomic E-state index is 0.0809. The zero-order valence-electron chi connectivity index (χ0n) is 11.6. The number of sulfonamides is 1. The maximum Gasteiger partial charge on any atom is 0.243 e. The van der Waals surface area contributed by atoms with E-state index in [2.05, 4.69) is 13.8 Å². The minimum Gasteiger partial charge on any atom is -0.207 e. The minimum atomic E-state index is -3.43. The van der Waals surface area contributed by atoms with Crippen LogP contribution in [-0.2, 0) is 10.0 Å². The summed E-state index contributed by atoms with van der Waals surface area (Å²) in [6.45, 7) is 6.96. The maximum atomic E-state index is 12.6. The fourth-order valence-electron chi connectivity index (χ4n) is 2.53. The van der Waals surface area contributed by atoms with Crippen molar-refractivity contribution in [1.29, 1.82) is 0 Å². The summed E-state index contributed by atoms with van der Waals surface area (Å²) in [4.78, 5) is 0.347. The van der Waals surface area contributed by atoms with E-state index in [0.29, 0.717) is 18.0 Å². The maximum absolute atomic E-state index is 12.6. The summed E-state index contributed by atoms with van der Waals surface area (Å²) in [5.74, 6) is 0. The normalized spacial score (nSPS) is 24.3. The Balaban J connectivity index is 2.31. The summed E-state index contributed by atoms with van der Waals surface area (Å²) in [6.07, 6.45) is 0.842. The molecule has 0 aromatic heterocycles. The summed E-state index contributed by atoms with van der Waals surface area (Å²) in [5.41, 5.74) is 0.968. The Labute approximate surface area is 120 Å². The zero-order valence-corrected chi connectivity index (χ0v) is 13.1. The number of hydrogen-bond donors (Lipinski definition) is 0. The van der Waals surface area contributed by atoms with Gasteiger partial charge in [0.1, 0.15) is 0 Å². The van der Waals surface area contributed by atoms with Gasteiger partial charge in [0.05, 0.1) is 4.90 Å². The van der Waals surface area contributed by atoms with Gasteiger partial charge in [-0.1, -0.05) is 31.5 Å². The summed E-state index contributed by atoms with van der Waals surface area (Å²) in [5, 5.41) is -0.121. The first-order valence-corrected chi connectivity index (χ1v) is 8.29. The highest BCUT2D eigenvalue weighted by molar-refractivity contribution is 7.89. The van der Waals surface area contributed by atoms with Gasteiger partial charge in [-0.3, -0.25) is 0 Å². The Morgan fingerprint density at radius 2 is 1.84 bits per heavy atom. The third kappa shape index (κ3) is 3.30.